The predicted octanol–water partition coefficient (Wildman–Crippen LogP) is 4.10. The van der Waals surface area contributed by atoms with Gasteiger partial charge in [0.05, 0.1) is 31.6 Å². The molecular weight excluding hydrogens is 472 g/mol. The van der Waals surface area contributed by atoms with E-state index in [4.69, 9.17) is 14.5 Å². The first-order valence-corrected chi connectivity index (χ1v) is 10.7. The number of hydrogen-bond acceptors (Lipinski definition) is 6. The highest BCUT2D eigenvalue weighted by Gasteiger charge is 2.37. The van der Waals surface area contributed by atoms with E-state index in [-0.39, 0.29) is 35.0 Å². The van der Waals surface area contributed by atoms with E-state index in [0.29, 0.717) is 18.8 Å². The maximum Gasteiger partial charge on any atom is 0.161 e. The summed E-state index contributed by atoms with van der Waals surface area (Å²) < 4.78 is 13.2. The van der Waals surface area contributed by atoms with Crippen molar-refractivity contribution in [2.45, 2.75) is 44.2 Å². The molecule has 5 rings (SSSR count). The number of nitrogens with zero attached hydrogens (tertiary/aromatic N) is 4. The molecule has 2 aromatic heterocycles. The van der Waals surface area contributed by atoms with Gasteiger partial charge in [-0.15, -0.1) is 17.0 Å². The molecule has 3 aromatic rings. The molecule has 2 aliphatic rings. The first-order valence-electron chi connectivity index (χ1n) is 10.7. The lowest BCUT2D eigenvalue weighted by Gasteiger charge is -2.37. The zero-order valence-corrected chi connectivity index (χ0v) is 19.9. The SMILES string of the molecule is Br.CCOc1cc2c(cc1OC)C(c1ccc(-n3cccn3)nc1)=N[C@@H]1CC[C@@H](O)C[C@H]21. The van der Waals surface area contributed by atoms with Gasteiger partial charge in [0, 0.05) is 35.6 Å². The molecule has 1 aliphatic heterocycles. The summed E-state index contributed by atoms with van der Waals surface area (Å²) in [4.78, 5) is 9.74. The molecule has 0 spiro atoms. The third-order valence-electron chi connectivity index (χ3n) is 6.13. The number of benzene rings is 1. The van der Waals surface area contributed by atoms with Gasteiger partial charge in [-0.25, -0.2) is 9.67 Å². The number of methoxy groups -OCH3 is 1. The molecule has 1 N–H and O–H groups in total. The minimum absolute atomic E-state index is 0. The molecule has 1 aliphatic carbocycles. The first-order chi connectivity index (χ1) is 15.2. The van der Waals surface area contributed by atoms with E-state index in [1.807, 2.05) is 43.6 Å². The van der Waals surface area contributed by atoms with Crippen molar-refractivity contribution in [3.05, 3.63) is 65.6 Å². The van der Waals surface area contributed by atoms with Gasteiger partial charge < -0.3 is 14.6 Å². The van der Waals surface area contributed by atoms with Crippen LogP contribution in [0.15, 0.2) is 53.9 Å². The topological polar surface area (TPSA) is 81.8 Å². The van der Waals surface area contributed by atoms with Gasteiger partial charge in [0.15, 0.2) is 17.3 Å². The average Bonchev–Trinajstić information content (AvgIpc) is 3.34. The van der Waals surface area contributed by atoms with Crippen molar-refractivity contribution in [1.29, 1.82) is 0 Å². The number of ether oxygens (including phenoxy) is 2. The van der Waals surface area contributed by atoms with Crippen LogP contribution in [-0.2, 0) is 0 Å². The Kier molecular flexibility index (Phi) is 6.62. The highest BCUT2D eigenvalue weighted by Crippen LogP contribution is 2.44. The number of rotatable bonds is 5. The fourth-order valence-corrected chi connectivity index (χ4v) is 4.67. The van der Waals surface area contributed by atoms with Crippen LogP contribution in [0.25, 0.3) is 5.82 Å². The van der Waals surface area contributed by atoms with Gasteiger partial charge in [-0.05, 0) is 62.1 Å². The largest absolute Gasteiger partial charge is 0.493 e. The van der Waals surface area contributed by atoms with Gasteiger partial charge >= 0.3 is 0 Å². The molecule has 0 bridgehead atoms. The number of pyridine rings is 1. The van der Waals surface area contributed by atoms with Gasteiger partial charge in [-0.2, -0.15) is 5.10 Å². The van der Waals surface area contributed by atoms with Crippen LogP contribution in [0.3, 0.4) is 0 Å². The molecule has 3 atom stereocenters. The quantitative estimate of drug-likeness (QED) is 0.572. The van der Waals surface area contributed by atoms with Crippen LogP contribution in [0.2, 0.25) is 0 Å². The number of aliphatic hydroxyl groups excluding tert-OH is 1. The van der Waals surface area contributed by atoms with Crippen LogP contribution in [-0.4, -0.2) is 51.4 Å². The van der Waals surface area contributed by atoms with Crippen LogP contribution in [0, 0.1) is 0 Å². The average molecular weight is 499 g/mol. The maximum absolute atomic E-state index is 10.3. The highest BCUT2D eigenvalue weighted by atomic mass is 79.9. The Morgan fingerprint density at radius 3 is 2.75 bits per heavy atom. The van der Waals surface area contributed by atoms with E-state index < -0.39 is 0 Å². The number of aliphatic hydroxyl groups is 1. The number of halogens is 1. The molecule has 1 aromatic carbocycles. The van der Waals surface area contributed by atoms with Gasteiger partial charge in [0.2, 0.25) is 0 Å². The Morgan fingerprint density at radius 1 is 1.19 bits per heavy atom. The third kappa shape index (κ3) is 4.04. The van der Waals surface area contributed by atoms with E-state index in [9.17, 15) is 5.11 Å². The summed E-state index contributed by atoms with van der Waals surface area (Å²) in [5.41, 5.74) is 4.04. The fourth-order valence-electron chi connectivity index (χ4n) is 4.67. The Morgan fingerprint density at radius 2 is 2.06 bits per heavy atom. The number of hydrogen-bond donors (Lipinski definition) is 1. The highest BCUT2D eigenvalue weighted by molar-refractivity contribution is 8.93. The summed E-state index contributed by atoms with van der Waals surface area (Å²) >= 11 is 0. The number of aromatic nitrogens is 3. The minimum atomic E-state index is -0.293. The van der Waals surface area contributed by atoms with E-state index in [0.717, 1.165) is 46.8 Å². The Labute approximate surface area is 197 Å². The lowest BCUT2D eigenvalue weighted by molar-refractivity contribution is 0.111. The molecule has 0 unspecified atom stereocenters. The molecule has 0 amide bonds. The summed E-state index contributed by atoms with van der Waals surface area (Å²) in [6.07, 6.45) is 7.51. The summed E-state index contributed by atoms with van der Waals surface area (Å²) in [6, 6.07) is 10.1. The van der Waals surface area contributed by atoms with Gasteiger partial charge in [-0.3, -0.25) is 4.99 Å². The molecule has 0 radical (unpaired) electrons. The van der Waals surface area contributed by atoms with Crippen molar-refractivity contribution in [2.75, 3.05) is 13.7 Å². The lowest BCUT2D eigenvalue weighted by atomic mass is 9.74. The van der Waals surface area contributed by atoms with Crippen LogP contribution in [0.1, 0.15) is 48.8 Å². The molecule has 0 saturated heterocycles. The zero-order chi connectivity index (χ0) is 21.4. The van der Waals surface area contributed by atoms with Crippen molar-refractivity contribution in [3.8, 4) is 17.3 Å². The molecule has 7 nitrogen and oxygen atoms in total. The minimum Gasteiger partial charge on any atom is -0.493 e. The van der Waals surface area contributed by atoms with Crippen molar-refractivity contribution in [1.82, 2.24) is 14.8 Å². The second-order valence-corrected chi connectivity index (χ2v) is 8.00. The van der Waals surface area contributed by atoms with Crippen molar-refractivity contribution >= 4 is 22.7 Å². The smallest absolute Gasteiger partial charge is 0.161 e. The van der Waals surface area contributed by atoms with Gasteiger partial charge in [0.25, 0.3) is 0 Å². The lowest BCUT2D eigenvalue weighted by Crippen LogP contribution is -2.34. The summed E-state index contributed by atoms with van der Waals surface area (Å²) in [6.45, 7) is 2.53. The first kappa shape index (κ1) is 22.5. The second kappa shape index (κ2) is 9.42. The molecule has 1 fully saturated rings. The maximum atomic E-state index is 10.3. The standard InChI is InChI=1S/C24H26N4O3.BrH/c1-3-31-22-12-17-18-11-16(29)6-7-20(18)27-24(19(17)13-21(22)30-2)15-5-8-23(25-14-15)28-10-4-9-26-28;/h4-5,8-10,12-14,16,18,20,29H,3,6-7,11H2,1-2H3;1H/t16-,18-,20-;/m1./s1. The van der Waals surface area contributed by atoms with Crippen molar-refractivity contribution in [3.63, 3.8) is 0 Å². The summed E-state index contributed by atoms with van der Waals surface area (Å²) in [7, 11) is 1.65. The summed E-state index contributed by atoms with van der Waals surface area (Å²) in [5, 5.41) is 14.6. The fraction of sp³-hybridized carbons (Fsp3) is 0.375. The Bertz CT molecular complexity index is 1100. The van der Waals surface area contributed by atoms with E-state index in [1.165, 1.54) is 0 Å². The van der Waals surface area contributed by atoms with Gasteiger partial charge in [-0.1, -0.05) is 0 Å². The molecule has 32 heavy (non-hydrogen) atoms. The second-order valence-electron chi connectivity index (χ2n) is 8.00. The monoisotopic (exact) mass is 498 g/mol. The predicted molar refractivity (Wildman–Crippen MR) is 128 cm³/mol. The van der Waals surface area contributed by atoms with Crippen LogP contribution < -0.4 is 9.47 Å². The molecule has 1 saturated carbocycles. The molecule has 3 heterocycles. The van der Waals surface area contributed by atoms with E-state index >= 15 is 0 Å². The summed E-state index contributed by atoms with van der Waals surface area (Å²) in [5.74, 6) is 2.34. The third-order valence-corrected chi connectivity index (χ3v) is 6.13. The van der Waals surface area contributed by atoms with Gasteiger partial charge in [0.1, 0.15) is 0 Å². The normalized spacial score (nSPS) is 21.6. The van der Waals surface area contributed by atoms with E-state index in [2.05, 4.69) is 16.1 Å². The molecule has 8 heteroatoms. The zero-order valence-electron chi connectivity index (χ0n) is 18.1. The molecule has 168 valence electrons. The van der Waals surface area contributed by atoms with Crippen molar-refractivity contribution in [2.24, 2.45) is 4.99 Å². The number of fused-ring (bicyclic) bond motifs is 3. The van der Waals surface area contributed by atoms with Crippen LogP contribution in [0.4, 0.5) is 0 Å². The van der Waals surface area contributed by atoms with Crippen molar-refractivity contribution < 1.29 is 14.6 Å². The Balaban J connectivity index is 0.00000245. The van der Waals surface area contributed by atoms with Crippen LogP contribution >= 0.6 is 17.0 Å². The van der Waals surface area contributed by atoms with E-state index in [1.54, 1.807) is 18.0 Å². The Hall–Kier alpha value is -2.71. The van der Waals surface area contributed by atoms with Crippen LogP contribution in [0.5, 0.6) is 11.5 Å². The molecular formula is C24H27BrN4O3. The number of aliphatic imine (C=N–C) groups is 1.